The molecule has 116 valence electrons. The van der Waals surface area contributed by atoms with Crippen molar-refractivity contribution in [3.05, 3.63) is 21.6 Å². The van der Waals surface area contributed by atoms with Crippen molar-refractivity contribution in [1.82, 2.24) is 5.32 Å². The van der Waals surface area contributed by atoms with E-state index in [0.29, 0.717) is 28.8 Å². The average molecular weight is 376 g/mol. The first-order chi connectivity index (χ1) is 10.1. The van der Waals surface area contributed by atoms with E-state index in [2.05, 4.69) is 26.6 Å². The molecule has 1 amide bonds. The Bertz CT molecular complexity index is 505. The van der Waals surface area contributed by atoms with Crippen LogP contribution in [0.5, 0.6) is 5.75 Å². The number of nitrogens with one attached hydrogen (secondary N) is 2. The maximum absolute atomic E-state index is 12.1. The molecule has 0 aliphatic carbocycles. The highest BCUT2D eigenvalue weighted by Crippen LogP contribution is 2.36. The van der Waals surface area contributed by atoms with Crippen LogP contribution in [0, 0.1) is 5.92 Å². The molecule has 0 saturated carbocycles. The molecule has 1 heterocycles. The Balaban J connectivity index is 1.92. The van der Waals surface area contributed by atoms with Gasteiger partial charge in [0.15, 0.2) is 5.75 Å². The van der Waals surface area contributed by atoms with Crippen LogP contribution in [0.1, 0.15) is 25.7 Å². The summed E-state index contributed by atoms with van der Waals surface area (Å²) in [6.45, 7) is 2.11. The van der Waals surface area contributed by atoms with Gasteiger partial charge in [0.25, 0.3) is 0 Å². The van der Waals surface area contributed by atoms with Gasteiger partial charge in [0.1, 0.15) is 0 Å². The second-order valence-corrected chi connectivity index (χ2v) is 6.56. The third kappa shape index (κ3) is 4.87. The minimum atomic E-state index is -0.00644. The van der Waals surface area contributed by atoms with Crippen molar-refractivity contribution < 1.29 is 9.53 Å². The maximum atomic E-state index is 12.1. The summed E-state index contributed by atoms with van der Waals surface area (Å²) >= 11 is 9.40. The first kappa shape index (κ1) is 16.6. The molecule has 1 unspecified atom stereocenters. The van der Waals surface area contributed by atoms with Crippen molar-refractivity contribution in [3.63, 3.8) is 0 Å². The van der Waals surface area contributed by atoms with E-state index in [9.17, 15) is 4.79 Å². The van der Waals surface area contributed by atoms with Gasteiger partial charge in [-0.05, 0) is 66.3 Å². The zero-order valence-corrected chi connectivity index (χ0v) is 14.4. The summed E-state index contributed by atoms with van der Waals surface area (Å²) in [5.74, 6) is 1.18. The Hall–Kier alpha value is -0.780. The fourth-order valence-electron chi connectivity index (χ4n) is 2.58. The highest BCUT2D eigenvalue weighted by Gasteiger charge is 2.16. The highest BCUT2D eigenvalue weighted by molar-refractivity contribution is 9.10. The number of amides is 1. The van der Waals surface area contributed by atoms with E-state index in [0.717, 1.165) is 24.0 Å². The molecule has 1 aromatic rings. The Morgan fingerprint density at radius 1 is 1.57 bits per heavy atom. The van der Waals surface area contributed by atoms with E-state index in [1.165, 1.54) is 12.8 Å². The predicted molar refractivity (Wildman–Crippen MR) is 89.2 cm³/mol. The van der Waals surface area contributed by atoms with Crippen LogP contribution in [-0.2, 0) is 4.79 Å². The molecule has 1 aromatic carbocycles. The number of anilines is 1. The van der Waals surface area contributed by atoms with Crippen molar-refractivity contribution in [2.45, 2.75) is 25.7 Å². The molecule has 2 N–H and O–H groups in total. The number of carbonyl (C=O) groups excluding carboxylic acids is 1. The number of hydrogen-bond donors (Lipinski definition) is 2. The molecule has 0 aromatic heterocycles. The zero-order valence-electron chi connectivity index (χ0n) is 12.0. The lowest BCUT2D eigenvalue weighted by Crippen LogP contribution is -2.30. The number of benzene rings is 1. The number of ether oxygens (including phenoxy) is 1. The molecule has 0 bridgehead atoms. The third-order valence-electron chi connectivity index (χ3n) is 3.67. The van der Waals surface area contributed by atoms with Crippen molar-refractivity contribution in [1.29, 1.82) is 0 Å². The second kappa shape index (κ2) is 8.01. The third-order valence-corrected chi connectivity index (χ3v) is 4.47. The number of rotatable bonds is 5. The van der Waals surface area contributed by atoms with Crippen LogP contribution < -0.4 is 15.4 Å². The molecular weight excluding hydrogens is 356 g/mol. The van der Waals surface area contributed by atoms with Gasteiger partial charge < -0.3 is 15.4 Å². The van der Waals surface area contributed by atoms with Crippen molar-refractivity contribution in [2.75, 3.05) is 25.5 Å². The summed E-state index contributed by atoms with van der Waals surface area (Å²) in [5, 5.41) is 6.80. The lowest BCUT2D eigenvalue weighted by atomic mass is 9.94. The molecule has 0 radical (unpaired) electrons. The number of methoxy groups -OCH3 is 1. The molecule has 0 spiro atoms. The lowest BCUT2D eigenvalue weighted by Gasteiger charge is -2.22. The monoisotopic (exact) mass is 374 g/mol. The summed E-state index contributed by atoms with van der Waals surface area (Å²) in [5.41, 5.74) is 0.601. The lowest BCUT2D eigenvalue weighted by molar-refractivity contribution is -0.116. The van der Waals surface area contributed by atoms with Gasteiger partial charge in [-0.25, -0.2) is 0 Å². The fraction of sp³-hybridized carbons (Fsp3) is 0.533. The first-order valence-electron chi connectivity index (χ1n) is 7.13. The summed E-state index contributed by atoms with van der Waals surface area (Å²) in [7, 11) is 1.57. The van der Waals surface area contributed by atoms with Crippen LogP contribution in [0.4, 0.5) is 5.69 Å². The normalized spacial score (nSPS) is 18.3. The van der Waals surface area contributed by atoms with Crippen LogP contribution in [0.15, 0.2) is 16.6 Å². The van der Waals surface area contributed by atoms with Crippen LogP contribution >= 0.6 is 27.5 Å². The molecule has 1 aliphatic heterocycles. The number of piperidine rings is 1. The molecule has 6 heteroatoms. The van der Waals surface area contributed by atoms with E-state index < -0.39 is 0 Å². The molecular formula is C15H20BrClN2O2. The Kier molecular flexibility index (Phi) is 6.33. The van der Waals surface area contributed by atoms with Crippen LogP contribution in [-0.4, -0.2) is 26.1 Å². The summed E-state index contributed by atoms with van der Waals surface area (Å²) in [4.78, 5) is 12.1. The summed E-state index contributed by atoms with van der Waals surface area (Å²) in [6, 6.07) is 3.44. The number of hydrogen-bond acceptors (Lipinski definition) is 3. The van der Waals surface area contributed by atoms with Gasteiger partial charge >= 0.3 is 0 Å². The van der Waals surface area contributed by atoms with E-state index >= 15 is 0 Å². The van der Waals surface area contributed by atoms with Gasteiger partial charge in [0.05, 0.1) is 17.3 Å². The van der Waals surface area contributed by atoms with Gasteiger partial charge in [-0.1, -0.05) is 11.6 Å². The highest BCUT2D eigenvalue weighted by atomic mass is 79.9. The van der Waals surface area contributed by atoms with E-state index in [-0.39, 0.29) is 5.91 Å². The SMILES string of the molecule is COc1c(Br)cc(Cl)cc1NC(=O)CCC1CCCNC1. The van der Waals surface area contributed by atoms with E-state index in [4.69, 9.17) is 16.3 Å². The smallest absolute Gasteiger partial charge is 0.224 e. The Labute approximate surface area is 138 Å². The molecule has 2 rings (SSSR count). The standard InChI is InChI=1S/C15H20BrClN2O2/c1-21-15-12(16)7-11(17)8-13(15)19-14(20)5-4-10-3-2-6-18-9-10/h7-8,10,18H,2-6,9H2,1H3,(H,19,20). The number of carbonyl (C=O) groups is 1. The van der Waals surface area contributed by atoms with Gasteiger partial charge in [0.2, 0.25) is 5.91 Å². The van der Waals surface area contributed by atoms with E-state index in [1.807, 2.05) is 0 Å². The minimum absolute atomic E-state index is 0.00644. The van der Waals surface area contributed by atoms with Crippen LogP contribution in [0.2, 0.25) is 5.02 Å². The van der Waals surface area contributed by atoms with Crippen molar-refractivity contribution >= 4 is 39.1 Å². The van der Waals surface area contributed by atoms with Gasteiger partial charge in [0, 0.05) is 11.4 Å². The number of halogens is 2. The Morgan fingerprint density at radius 3 is 3.05 bits per heavy atom. The quantitative estimate of drug-likeness (QED) is 0.822. The van der Waals surface area contributed by atoms with Gasteiger partial charge in [-0.15, -0.1) is 0 Å². The summed E-state index contributed by atoms with van der Waals surface area (Å²) < 4.78 is 6.02. The Morgan fingerprint density at radius 2 is 2.38 bits per heavy atom. The summed E-state index contributed by atoms with van der Waals surface area (Å²) in [6.07, 6.45) is 3.82. The van der Waals surface area contributed by atoms with Crippen LogP contribution in [0.3, 0.4) is 0 Å². The second-order valence-electron chi connectivity index (χ2n) is 5.27. The molecule has 1 aliphatic rings. The first-order valence-corrected chi connectivity index (χ1v) is 8.31. The van der Waals surface area contributed by atoms with Crippen molar-refractivity contribution in [3.8, 4) is 5.75 Å². The van der Waals surface area contributed by atoms with Gasteiger partial charge in [-0.2, -0.15) is 0 Å². The topological polar surface area (TPSA) is 50.4 Å². The largest absolute Gasteiger partial charge is 0.493 e. The average Bonchev–Trinajstić information content (AvgIpc) is 2.46. The zero-order chi connectivity index (χ0) is 15.2. The van der Waals surface area contributed by atoms with E-state index in [1.54, 1.807) is 19.2 Å². The molecule has 1 saturated heterocycles. The minimum Gasteiger partial charge on any atom is -0.493 e. The fourth-order valence-corrected chi connectivity index (χ4v) is 3.55. The van der Waals surface area contributed by atoms with Crippen molar-refractivity contribution in [2.24, 2.45) is 5.92 Å². The van der Waals surface area contributed by atoms with Gasteiger partial charge in [-0.3, -0.25) is 4.79 Å². The molecule has 4 nitrogen and oxygen atoms in total. The van der Waals surface area contributed by atoms with Crippen LogP contribution in [0.25, 0.3) is 0 Å². The molecule has 1 fully saturated rings. The predicted octanol–water partition coefficient (Wildman–Crippen LogP) is 3.83. The molecule has 1 atom stereocenters. The maximum Gasteiger partial charge on any atom is 0.224 e. The molecule has 21 heavy (non-hydrogen) atoms.